The maximum atomic E-state index is 5.51. The minimum atomic E-state index is 0.321. The van der Waals surface area contributed by atoms with Crippen LogP contribution in [0.3, 0.4) is 0 Å². The van der Waals surface area contributed by atoms with Crippen LogP contribution in [0.5, 0.6) is 0 Å². The number of nitrogens with zero attached hydrogens (tertiary/aromatic N) is 1. The van der Waals surface area contributed by atoms with Crippen molar-refractivity contribution in [1.29, 1.82) is 0 Å². The first-order chi connectivity index (χ1) is 7.74. The van der Waals surface area contributed by atoms with Gasteiger partial charge in [-0.2, -0.15) is 0 Å². The van der Waals surface area contributed by atoms with E-state index >= 15 is 0 Å². The van der Waals surface area contributed by atoms with Crippen molar-refractivity contribution in [3.63, 3.8) is 0 Å². The molecule has 3 aromatic rings. The summed E-state index contributed by atoms with van der Waals surface area (Å²) in [5, 5.41) is 4.99. The number of hydrogen-bond acceptors (Lipinski definition) is 3. The minimum Gasteiger partial charge on any atom is -0.368 e. The lowest BCUT2D eigenvalue weighted by molar-refractivity contribution is 0.439. The molecule has 5 heteroatoms. The molecule has 0 spiro atoms. The highest BCUT2D eigenvalue weighted by molar-refractivity contribution is 9.10. The fraction of sp³-hybridized carbons (Fsp3) is 0. The van der Waals surface area contributed by atoms with E-state index in [2.05, 4.69) is 26.1 Å². The Kier molecular flexibility index (Phi) is 2.00. The summed E-state index contributed by atoms with van der Waals surface area (Å²) in [6.07, 6.45) is 1.90. The molecule has 2 aromatic heterocycles. The molecule has 0 saturated heterocycles. The number of nitrogen functional groups attached to an aromatic ring is 1. The van der Waals surface area contributed by atoms with Crippen LogP contribution in [0.4, 0.5) is 5.88 Å². The second kappa shape index (κ2) is 3.38. The third-order valence-electron chi connectivity index (χ3n) is 2.45. The first kappa shape index (κ1) is 9.47. The van der Waals surface area contributed by atoms with Gasteiger partial charge in [-0.3, -0.25) is 0 Å². The van der Waals surface area contributed by atoms with Crippen molar-refractivity contribution in [2.24, 2.45) is 0 Å². The van der Waals surface area contributed by atoms with E-state index in [9.17, 15) is 0 Å². The van der Waals surface area contributed by atoms with Gasteiger partial charge in [-0.1, -0.05) is 27.2 Å². The average molecular weight is 278 g/mol. The highest BCUT2D eigenvalue weighted by atomic mass is 79.9. The van der Waals surface area contributed by atoms with Crippen LogP contribution in [0.25, 0.3) is 22.2 Å². The van der Waals surface area contributed by atoms with E-state index in [-0.39, 0.29) is 0 Å². The number of rotatable bonds is 1. The van der Waals surface area contributed by atoms with Crippen LogP contribution in [0.2, 0.25) is 0 Å². The molecule has 0 radical (unpaired) electrons. The number of fused-ring (bicyclic) bond motifs is 1. The van der Waals surface area contributed by atoms with E-state index in [4.69, 9.17) is 10.3 Å². The van der Waals surface area contributed by atoms with Crippen LogP contribution < -0.4 is 5.73 Å². The highest BCUT2D eigenvalue weighted by Gasteiger charge is 2.10. The average Bonchev–Trinajstić information content (AvgIpc) is 2.83. The summed E-state index contributed by atoms with van der Waals surface area (Å²) in [4.78, 5) is 3.18. The predicted molar refractivity (Wildman–Crippen MR) is 65.9 cm³/mol. The zero-order valence-corrected chi connectivity index (χ0v) is 9.78. The van der Waals surface area contributed by atoms with Crippen molar-refractivity contribution in [3.05, 3.63) is 34.9 Å². The van der Waals surface area contributed by atoms with E-state index in [0.29, 0.717) is 5.88 Å². The van der Waals surface area contributed by atoms with Crippen molar-refractivity contribution >= 4 is 32.7 Å². The van der Waals surface area contributed by atoms with Crippen molar-refractivity contribution in [2.45, 2.75) is 0 Å². The molecule has 80 valence electrons. The lowest BCUT2D eigenvalue weighted by Gasteiger charge is -1.93. The number of halogens is 1. The van der Waals surface area contributed by atoms with Crippen molar-refractivity contribution in [2.75, 3.05) is 5.73 Å². The van der Waals surface area contributed by atoms with E-state index < -0.39 is 0 Å². The molecule has 3 rings (SSSR count). The van der Waals surface area contributed by atoms with Crippen LogP contribution in [0, 0.1) is 0 Å². The molecule has 0 saturated carbocycles. The number of hydrogen-bond donors (Lipinski definition) is 2. The molecule has 16 heavy (non-hydrogen) atoms. The maximum Gasteiger partial charge on any atom is 0.222 e. The van der Waals surface area contributed by atoms with Crippen molar-refractivity contribution in [3.8, 4) is 11.3 Å². The lowest BCUT2D eigenvalue weighted by Crippen LogP contribution is -1.76. The Morgan fingerprint density at radius 1 is 1.31 bits per heavy atom. The van der Waals surface area contributed by atoms with Crippen LogP contribution in [0.1, 0.15) is 0 Å². The molecular formula is C11H8BrN3O. The summed E-state index contributed by atoms with van der Waals surface area (Å²) in [6.45, 7) is 0. The number of aromatic nitrogens is 2. The van der Waals surface area contributed by atoms with E-state index in [0.717, 1.165) is 26.6 Å². The summed E-state index contributed by atoms with van der Waals surface area (Å²) in [7, 11) is 0. The Morgan fingerprint density at radius 2 is 2.19 bits per heavy atom. The van der Waals surface area contributed by atoms with Gasteiger partial charge in [0.2, 0.25) is 5.88 Å². The topological polar surface area (TPSA) is 67.8 Å². The maximum absolute atomic E-state index is 5.51. The largest absolute Gasteiger partial charge is 0.368 e. The van der Waals surface area contributed by atoms with Crippen molar-refractivity contribution < 1.29 is 4.52 Å². The van der Waals surface area contributed by atoms with Gasteiger partial charge in [-0.25, -0.2) is 0 Å². The summed E-state index contributed by atoms with van der Waals surface area (Å²) in [5.41, 5.74) is 8.28. The number of H-pyrrole nitrogens is 1. The van der Waals surface area contributed by atoms with Crippen LogP contribution in [-0.4, -0.2) is 10.1 Å². The molecule has 0 aliphatic heterocycles. The smallest absolute Gasteiger partial charge is 0.222 e. The zero-order valence-electron chi connectivity index (χ0n) is 8.20. The molecule has 0 unspecified atom stereocenters. The van der Waals surface area contributed by atoms with Gasteiger partial charge in [0, 0.05) is 33.2 Å². The Balaban J connectivity index is 2.25. The number of anilines is 1. The standard InChI is InChI=1S/C11H8BrN3O/c12-6-1-2-7-8(5-14-9(7)3-6)10-4-11(13)16-15-10/h1-5,14H,13H2. The van der Waals surface area contributed by atoms with Gasteiger partial charge in [0.1, 0.15) is 5.69 Å². The van der Waals surface area contributed by atoms with Gasteiger partial charge in [0.05, 0.1) is 0 Å². The Morgan fingerprint density at radius 3 is 2.94 bits per heavy atom. The lowest BCUT2D eigenvalue weighted by atomic mass is 10.1. The van der Waals surface area contributed by atoms with E-state index in [1.165, 1.54) is 0 Å². The molecule has 0 amide bonds. The summed E-state index contributed by atoms with van der Waals surface area (Å²) >= 11 is 3.43. The normalized spacial score (nSPS) is 11.1. The van der Waals surface area contributed by atoms with Crippen LogP contribution >= 0.6 is 15.9 Å². The second-order valence-corrected chi connectivity index (χ2v) is 4.42. The van der Waals surface area contributed by atoms with E-state index in [1.807, 2.05) is 24.4 Å². The third-order valence-corrected chi connectivity index (χ3v) is 2.94. The van der Waals surface area contributed by atoms with Crippen molar-refractivity contribution in [1.82, 2.24) is 10.1 Å². The van der Waals surface area contributed by atoms with Gasteiger partial charge < -0.3 is 15.2 Å². The summed E-state index contributed by atoms with van der Waals surface area (Å²) < 4.78 is 5.90. The fourth-order valence-corrected chi connectivity index (χ4v) is 2.09. The number of nitrogens with one attached hydrogen (secondary N) is 1. The number of nitrogens with two attached hydrogens (primary N) is 1. The quantitative estimate of drug-likeness (QED) is 0.718. The second-order valence-electron chi connectivity index (χ2n) is 3.51. The number of aromatic amines is 1. The number of benzene rings is 1. The fourth-order valence-electron chi connectivity index (χ4n) is 1.73. The molecule has 3 N–H and O–H groups in total. The molecule has 0 aliphatic rings. The summed E-state index contributed by atoms with van der Waals surface area (Å²) in [5.74, 6) is 0.321. The van der Waals surface area contributed by atoms with Gasteiger partial charge in [0.15, 0.2) is 0 Å². The molecule has 2 heterocycles. The Labute approximate surface area is 99.6 Å². The van der Waals surface area contributed by atoms with E-state index in [1.54, 1.807) is 6.07 Å². The molecule has 0 fully saturated rings. The van der Waals surface area contributed by atoms with Crippen LogP contribution in [-0.2, 0) is 0 Å². The molecule has 0 atom stereocenters. The zero-order chi connectivity index (χ0) is 11.1. The first-order valence-corrected chi connectivity index (χ1v) is 5.52. The monoisotopic (exact) mass is 277 g/mol. The molecule has 4 nitrogen and oxygen atoms in total. The third kappa shape index (κ3) is 1.40. The highest BCUT2D eigenvalue weighted by Crippen LogP contribution is 2.30. The van der Waals surface area contributed by atoms with Gasteiger partial charge in [0.25, 0.3) is 0 Å². The van der Waals surface area contributed by atoms with Gasteiger partial charge in [-0.15, -0.1) is 0 Å². The molecule has 0 aliphatic carbocycles. The van der Waals surface area contributed by atoms with Crippen LogP contribution in [0.15, 0.2) is 39.5 Å². The van der Waals surface area contributed by atoms with Gasteiger partial charge >= 0.3 is 0 Å². The molecule has 1 aromatic carbocycles. The van der Waals surface area contributed by atoms with Gasteiger partial charge in [-0.05, 0) is 12.1 Å². The predicted octanol–water partition coefficient (Wildman–Crippen LogP) is 3.17. The summed E-state index contributed by atoms with van der Waals surface area (Å²) in [6, 6.07) is 7.74. The minimum absolute atomic E-state index is 0.321. The SMILES string of the molecule is Nc1cc(-c2c[nH]c3cc(Br)ccc23)no1. The Hall–Kier alpha value is -1.75. The Bertz CT molecular complexity index is 656. The first-order valence-electron chi connectivity index (χ1n) is 4.73. The molecule has 0 bridgehead atoms. The molecular weight excluding hydrogens is 270 g/mol.